The third-order valence-corrected chi connectivity index (χ3v) is 1.54. The molecule has 0 amide bonds. The lowest BCUT2D eigenvalue weighted by Gasteiger charge is -1.96. The van der Waals surface area contributed by atoms with Crippen LogP contribution in [0.5, 0.6) is 0 Å². The molecule has 0 saturated carbocycles. The number of nitrogens with zero attached hydrogens (tertiary/aromatic N) is 2. The van der Waals surface area contributed by atoms with Crippen molar-refractivity contribution in [1.29, 1.82) is 5.41 Å². The van der Waals surface area contributed by atoms with Crippen LogP contribution in [-0.4, -0.2) is 9.13 Å². The minimum absolute atomic E-state index is 0.571. The third-order valence-electron chi connectivity index (χ3n) is 1.54. The summed E-state index contributed by atoms with van der Waals surface area (Å²) in [5, 5.41) is 7.50. The molecule has 0 aromatic carbocycles. The van der Waals surface area contributed by atoms with Gasteiger partial charge < -0.3 is 9.13 Å². The van der Waals surface area contributed by atoms with Crippen LogP contribution >= 0.6 is 0 Å². The van der Waals surface area contributed by atoms with E-state index in [2.05, 4.69) is 6.92 Å². The zero-order valence-electron chi connectivity index (χ0n) is 6.46. The highest BCUT2D eigenvalue weighted by molar-refractivity contribution is 4.76. The average Bonchev–Trinajstić information content (AvgIpc) is 2.20. The second-order valence-electron chi connectivity index (χ2n) is 2.43. The zero-order valence-corrected chi connectivity index (χ0v) is 6.46. The fraction of sp³-hybridized carbons (Fsp3) is 0.571. The highest BCUT2D eigenvalue weighted by atomic mass is 15.1. The number of aryl methyl sites for hydroxylation is 2. The molecule has 3 nitrogen and oxygen atoms in total. The van der Waals surface area contributed by atoms with Crippen molar-refractivity contribution in [3.8, 4) is 0 Å². The number of hydrogen-bond donors (Lipinski definition) is 1. The lowest BCUT2D eigenvalue weighted by molar-refractivity contribution is 0.613. The first kappa shape index (κ1) is 7.12. The van der Waals surface area contributed by atoms with Crippen molar-refractivity contribution in [1.82, 2.24) is 9.13 Å². The maximum atomic E-state index is 7.50. The Labute approximate surface area is 60.4 Å². The fourth-order valence-electron chi connectivity index (χ4n) is 0.946. The average molecular weight is 139 g/mol. The summed E-state index contributed by atoms with van der Waals surface area (Å²) in [4.78, 5) is 0. The molecule has 0 aliphatic heterocycles. The summed E-state index contributed by atoms with van der Waals surface area (Å²) < 4.78 is 3.73. The lowest BCUT2D eigenvalue weighted by atomic mass is 10.5. The van der Waals surface area contributed by atoms with Gasteiger partial charge in [0.1, 0.15) is 0 Å². The van der Waals surface area contributed by atoms with Crippen LogP contribution in [0, 0.1) is 5.41 Å². The van der Waals surface area contributed by atoms with Gasteiger partial charge in [0.2, 0.25) is 5.62 Å². The molecular weight excluding hydrogens is 126 g/mol. The van der Waals surface area contributed by atoms with Crippen molar-refractivity contribution >= 4 is 0 Å². The van der Waals surface area contributed by atoms with Crippen LogP contribution in [0.1, 0.15) is 13.3 Å². The van der Waals surface area contributed by atoms with Gasteiger partial charge in [0.15, 0.2) is 0 Å². The first-order valence-electron chi connectivity index (χ1n) is 3.52. The van der Waals surface area contributed by atoms with Gasteiger partial charge in [-0.15, -0.1) is 0 Å². The van der Waals surface area contributed by atoms with E-state index in [1.54, 1.807) is 4.57 Å². The summed E-state index contributed by atoms with van der Waals surface area (Å²) >= 11 is 0. The first-order valence-corrected chi connectivity index (χ1v) is 3.52. The van der Waals surface area contributed by atoms with Gasteiger partial charge in [0, 0.05) is 26.0 Å². The van der Waals surface area contributed by atoms with Crippen molar-refractivity contribution in [2.45, 2.75) is 19.9 Å². The molecule has 1 aromatic rings. The third kappa shape index (κ3) is 1.12. The van der Waals surface area contributed by atoms with Crippen molar-refractivity contribution in [2.75, 3.05) is 0 Å². The molecule has 0 saturated heterocycles. The van der Waals surface area contributed by atoms with E-state index < -0.39 is 0 Å². The summed E-state index contributed by atoms with van der Waals surface area (Å²) in [6, 6.07) is 0. The monoisotopic (exact) mass is 139 g/mol. The van der Waals surface area contributed by atoms with E-state index in [4.69, 9.17) is 5.41 Å². The molecule has 1 heterocycles. The molecule has 56 valence electrons. The maximum Gasteiger partial charge on any atom is 0.201 e. The molecule has 0 aliphatic rings. The van der Waals surface area contributed by atoms with Crippen LogP contribution in [0.25, 0.3) is 0 Å². The Morgan fingerprint density at radius 2 is 2.20 bits per heavy atom. The molecule has 3 heteroatoms. The Morgan fingerprint density at radius 3 is 2.60 bits per heavy atom. The van der Waals surface area contributed by atoms with Gasteiger partial charge in [-0.05, 0) is 6.42 Å². The van der Waals surface area contributed by atoms with E-state index >= 15 is 0 Å². The van der Waals surface area contributed by atoms with Gasteiger partial charge in [0.05, 0.1) is 0 Å². The van der Waals surface area contributed by atoms with E-state index in [0.717, 1.165) is 13.0 Å². The van der Waals surface area contributed by atoms with Gasteiger partial charge in [0.25, 0.3) is 0 Å². The predicted molar refractivity (Wildman–Crippen MR) is 39.5 cm³/mol. The second-order valence-corrected chi connectivity index (χ2v) is 2.43. The highest BCUT2D eigenvalue weighted by Crippen LogP contribution is 1.84. The molecular formula is C7H13N3. The number of aromatic nitrogens is 2. The number of rotatable bonds is 2. The molecule has 1 aromatic heterocycles. The molecule has 0 aliphatic carbocycles. The molecule has 1 N–H and O–H groups in total. The molecule has 0 fully saturated rings. The van der Waals surface area contributed by atoms with E-state index in [1.807, 2.05) is 24.0 Å². The molecule has 1 rings (SSSR count). The van der Waals surface area contributed by atoms with Crippen LogP contribution in [0.3, 0.4) is 0 Å². The minimum atomic E-state index is 0.571. The molecule has 0 atom stereocenters. The summed E-state index contributed by atoms with van der Waals surface area (Å²) in [7, 11) is 1.88. The molecule has 10 heavy (non-hydrogen) atoms. The Hall–Kier alpha value is -0.990. The quantitative estimate of drug-likeness (QED) is 0.626. The highest BCUT2D eigenvalue weighted by Gasteiger charge is 1.91. The van der Waals surface area contributed by atoms with Crippen LogP contribution in [0.2, 0.25) is 0 Å². The molecule has 0 radical (unpaired) electrons. The number of nitrogens with one attached hydrogen (secondary N) is 1. The summed E-state index contributed by atoms with van der Waals surface area (Å²) in [5.74, 6) is 0. The van der Waals surface area contributed by atoms with E-state index in [0.29, 0.717) is 5.62 Å². The van der Waals surface area contributed by atoms with Gasteiger partial charge in [-0.3, -0.25) is 5.41 Å². The largest absolute Gasteiger partial charge is 0.321 e. The summed E-state index contributed by atoms with van der Waals surface area (Å²) in [5.41, 5.74) is 0.571. The number of hydrogen-bond acceptors (Lipinski definition) is 1. The molecule has 0 spiro atoms. The fourth-order valence-corrected chi connectivity index (χ4v) is 0.946. The summed E-state index contributed by atoms with van der Waals surface area (Å²) in [6.07, 6.45) is 4.92. The summed E-state index contributed by atoms with van der Waals surface area (Å²) in [6.45, 7) is 3.05. The topological polar surface area (TPSA) is 33.7 Å². The van der Waals surface area contributed by atoms with Gasteiger partial charge in [-0.2, -0.15) is 0 Å². The van der Waals surface area contributed by atoms with E-state index in [1.165, 1.54) is 0 Å². The van der Waals surface area contributed by atoms with Crippen molar-refractivity contribution in [3.05, 3.63) is 18.0 Å². The SMILES string of the molecule is CCCn1ccn(C)c1=N. The maximum absolute atomic E-state index is 7.50. The van der Waals surface area contributed by atoms with Crippen molar-refractivity contribution in [3.63, 3.8) is 0 Å². The predicted octanol–water partition coefficient (Wildman–Crippen LogP) is 0.716. The van der Waals surface area contributed by atoms with E-state index in [9.17, 15) is 0 Å². The van der Waals surface area contributed by atoms with E-state index in [-0.39, 0.29) is 0 Å². The lowest BCUT2D eigenvalue weighted by Crippen LogP contribution is -2.21. The standard InChI is InChI=1S/C7H13N3/c1-3-4-10-6-5-9(2)7(10)8/h5-6,8H,3-4H2,1-2H3. The number of imidazole rings is 1. The zero-order chi connectivity index (χ0) is 7.56. The van der Waals surface area contributed by atoms with Gasteiger partial charge in [-0.1, -0.05) is 6.92 Å². The Morgan fingerprint density at radius 1 is 1.50 bits per heavy atom. The smallest absolute Gasteiger partial charge is 0.201 e. The van der Waals surface area contributed by atoms with Crippen molar-refractivity contribution in [2.24, 2.45) is 7.05 Å². The van der Waals surface area contributed by atoms with Crippen LogP contribution in [0.15, 0.2) is 12.4 Å². The Kier molecular flexibility index (Phi) is 1.94. The normalized spacial score (nSPS) is 10.2. The van der Waals surface area contributed by atoms with Crippen LogP contribution in [0.4, 0.5) is 0 Å². The Bertz CT molecular complexity index is 256. The minimum Gasteiger partial charge on any atom is -0.321 e. The first-order chi connectivity index (χ1) is 4.75. The molecule has 0 bridgehead atoms. The van der Waals surface area contributed by atoms with Crippen LogP contribution in [-0.2, 0) is 13.6 Å². The van der Waals surface area contributed by atoms with Crippen molar-refractivity contribution < 1.29 is 0 Å². The van der Waals surface area contributed by atoms with Gasteiger partial charge >= 0.3 is 0 Å². The van der Waals surface area contributed by atoms with Crippen LogP contribution < -0.4 is 5.62 Å². The second kappa shape index (κ2) is 2.73. The molecule has 0 unspecified atom stereocenters. The Balaban J connectivity index is 2.95. The van der Waals surface area contributed by atoms with Gasteiger partial charge in [-0.25, -0.2) is 0 Å².